The highest BCUT2D eigenvalue weighted by Gasteiger charge is 2.20. The Bertz CT molecular complexity index is 331. The SMILES string of the molecule is C=CCCC(C)(O)Cc1ccccc1Br. The fraction of sp³-hybridized carbons (Fsp3) is 0.385. The van der Waals surface area contributed by atoms with Gasteiger partial charge in [-0.1, -0.05) is 40.2 Å². The molecule has 0 saturated heterocycles. The first kappa shape index (κ1) is 12.5. The predicted molar refractivity (Wildman–Crippen MR) is 67.9 cm³/mol. The number of aliphatic hydroxyl groups is 1. The van der Waals surface area contributed by atoms with Gasteiger partial charge in [0.05, 0.1) is 5.60 Å². The molecule has 0 spiro atoms. The van der Waals surface area contributed by atoms with Crippen LogP contribution < -0.4 is 0 Å². The minimum atomic E-state index is -0.655. The quantitative estimate of drug-likeness (QED) is 0.808. The van der Waals surface area contributed by atoms with E-state index in [1.807, 2.05) is 37.3 Å². The normalized spacial score (nSPS) is 14.6. The topological polar surface area (TPSA) is 20.2 Å². The summed E-state index contributed by atoms with van der Waals surface area (Å²) in [6.45, 7) is 5.54. The predicted octanol–water partition coefficient (Wildman–Crippen LogP) is 3.71. The van der Waals surface area contributed by atoms with Gasteiger partial charge in [-0.05, 0) is 31.4 Å². The second kappa shape index (κ2) is 5.47. The maximum absolute atomic E-state index is 10.2. The molecule has 0 fully saturated rings. The molecule has 2 heteroatoms. The highest BCUT2D eigenvalue weighted by molar-refractivity contribution is 9.10. The first-order valence-corrected chi connectivity index (χ1v) is 5.91. The van der Waals surface area contributed by atoms with Crippen LogP contribution in [0.4, 0.5) is 0 Å². The molecule has 1 atom stereocenters. The van der Waals surface area contributed by atoms with E-state index in [-0.39, 0.29) is 0 Å². The van der Waals surface area contributed by atoms with E-state index in [1.54, 1.807) is 0 Å². The minimum absolute atomic E-state index is 0.655. The van der Waals surface area contributed by atoms with Crippen molar-refractivity contribution in [2.24, 2.45) is 0 Å². The van der Waals surface area contributed by atoms with E-state index >= 15 is 0 Å². The smallest absolute Gasteiger partial charge is 0.0663 e. The van der Waals surface area contributed by atoms with E-state index < -0.39 is 5.60 Å². The third-order valence-electron chi connectivity index (χ3n) is 2.42. The fourth-order valence-electron chi connectivity index (χ4n) is 1.55. The van der Waals surface area contributed by atoms with Gasteiger partial charge in [0.25, 0.3) is 0 Å². The van der Waals surface area contributed by atoms with Crippen molar-refractivity contribution in [2.45, 2.75) is 31.8 Å². The third kappa shape index (κ3) is 4.18. The molecule has 0 aliphatic rings. The molecule has 0 aliphatic heterocycles. The van der Waals surface area contributed by atoms with Gasteiger partial charge in [0.2, 0.25) is 0 Å². The van der Waals surface area contributed by atoms with Crippen molar-refractivity contribution in [3.63, 3.8) is 0 Å². The van der Waals surface area contributed by atoms with Crippen LogP contribution in [0.15, 0.2) is 41.4 Å². The molecule has 0 aromatic heterocycles. The molecule has 0 bridgehead atoms. The average molecular weight is 269 g/mol. The first-order valence-electron chi connectivity index (χ1n) is 5.12. The van der Waals surface area contributed by atoms with E-state index in [0.29, 0.717) is 6.42 Å². The lowest BCUT2D eigenvalue weighted by molar-refractivity contribution is 0.0522. The summed E-state index contributed by atoms with van der Waals surface area (Å²) in [5, 5.41) is 10.2. The Morgan fingerprint density at radius 1 is 1.47 bits per heavy atom. The number of benzene rings is 1. The van der Waals surface area contributed by atoms with Crippen LogP contribution in [0.25, 0.3) is 0 Å². The maximum atomic E-state index is 10.2. The number of rotatable bonds is 5. The molecule has 0 saturated carbocycles. The van der Waals surface area contributed by atoms with Gasteiger partial charge in [-0.2, -0.15) is 0 Å². The molecule has 82 valence electrons. The van der Waals surface area contributed by atoms with Crippen LogP contribution in [-0.2, 0) is 6.42 Å². The lowest BCUT2D eigenvalue weighted by Crippen LogP contribution is -2.26. The molecule has 15 heavy (non-hydrogen) atoms. The molecule has 1 N–H and O–H groups in total. The van der Waals surface area contributed by atoms with Crippen molar-refractivity contribution < 1.29 is 5.11 Å². The summed E-state index contributed by atoms with van der Waals surface area (Å²) < 4.78 is 1.06. The first-order chi connectivity index (χ1) is 7.05. The zero-order valence-electron chi connectivity index (χ0n) is 9.04. The Morgan fingerprint density at radius 3 is 2.73 bits per heavy atom. The third-order valence-corrected chi connectivity index (χ3v) is 3.19. The highest BCUT2D eigenvalue weighted by atomic mass is 79.9. The van der Waals surface area contributed by atoms with Gasteiger partial charge >= 0.3 is 0 Å². The van der Waals surface area contributed by atoms with Crippen LogP contribution in [0.1, 0.15) is 25.3 Å². The van der Waals surface area contributed by atoms with Gasteiger partial charge in [-0.3, -0.25) is 0 Å². The van der Waals surface area contributed by atoms with Crippen LogP contribution in [0.5, 0.6) is 0 Å². The van der Waals surface area contributed by atoms with Crippen LogP contribution in [0.2, 0.25) is 0 Å². The Balaban J connectivity index is 2.68. The van der Waals surface area contributed by atoms with Gasteiger partial charge in [0.1, 0.15) is 0 Å². The molecular formula is C13H17BrO. The Kier molecular flexibility index (Phi) is 4.55. The van der Waals surface area contributed by atoms with Gasteiger partial charge in [0.15, 0.2) is 0 Å². The number of halogens is 1. The van der Waals surface area contributed by atoms with Crippen LogP contribution in [0.3, 0.4) is 0 Å². The summed E-state index contributed by atoms with van der Waals surface area (Å²) in [5.74, 6) is 0. The average Bonchev–Trinajstić information content (AvgIpc) is 2.18. The molecular weight excluding hydrogens is 252 g/mol. The van der Waals surface area contributed by atoms with Crippen LogP contribution in [0, 0.1) is 0 Å². The van der Waals surface area contributed by atoms with E-state index in [1.165, 1.54) is 0 Å². The second-order valence-electron chi connectivity index (χ2n) is 4.09. The minimum Gasteiger partial charge on any atom is -0.390 e. The van der Waals surface area contributed by atoms with Crippen molar-refractivity contribution in [3.8, 4) is 0 Å². The van der Waals surface area contributed by atoms with Crippen molar-refractivity contribution in [2.75, 3.05) is 0 Å². The molecule has 1 aromatic rings. The molecule has 1 aromatic carbocycles. The number of hydrogen-bond donors (Lipinski definition) is 1. The Morgan fingerprint density at radius 2 is 2.13 bits per heavy atom. The largest absolute Gasteiger partial charge is 0.390 e. The van der Waals surface area contributed by atoms with E-state index in [9.17, 15) is 5.11 Å². The molecule has 0 aliphatic carbocycles. The van der Waals surface area contributed by atoms with Gasteiger partial charge in [-0.15, -0.1) is 6.58 Å². The van der Waals surface area contributed by atoms with E-state index in [0.717, 1.165) is 22.9 Å². The number of allylic oxidation sites excluding steroid dienone is 1. The van der Waals surface area contributed by atoms with Crippen molar-refractivity contribution in [1.82, 2.24) is 0 Å². The molecule has 1 rings (SSSR count). The lowest BCUT2D eigenvalue weighted by atomic mass is 9.92. The van der Waals surface area contributed by atoms with E-state index in [2.05, 4.69) is 22.5 Å². The van der Waals surface area contributed by atoms with Crippen LogP contribution in [-0.4, -0.2) is 10.7 Å². The van der Waals surface area contributed by atoms with Crippen LogP contribution >= 0.6 is 15.9 Å². The lowest BCUT2D eigenvalue weighted by Gasteiger charge is -2.23. The van der Waals surface area contributed by atoms with Gasteiger partial charge < -0.3 is 5.11 Å². The van der Waals surface area contributed by atoms with Crippen molar-refractivity contribution >= 4 is 15.9 Å². The summed E-state index contributed by atoms with van der Waals surface area (Å²) >= 11 is 3.49. The fourth-order valence-corrected chi connectivity index (χ4v) is 1.98. The summed E-state index contributed by atoms with van der Waals surface area (Å²) in [6, 6.07) is 8.00. The van der Waals surface area contributed by atoms with Crippen molar-refractivity contribution in [1.29, 1.82) is 0 Å². The van der Waals surface area contributed by atoms with Gasteiger partial charge in [-0.25, -0.2) is 0 Å². The molecule has 0 radical (unpaired) electrons. The zero-order valence-corrected chi connectivity index (χ0v) is 10.6. The maximum Gasteiger partial charge on any atom is 0.0663 e. The Labute approximate surface area is 100.0 Å². The standard InChI is InChI=1S/C13H17BrO/c1-3-4-9-13(2,15)10-11-7-5-6-8-12(11)14/h3,5-8,15H,1,4,9-10H2,2H3. The molecule has 1 unspecified atom stereocenters. The highest BCUT2D eigenvalue weighted by Crippen LogP contribution is 2.24. The summed E-state index contributed by atoms with van der Waals surface area (Å²) in [6.07, 6.45) is 4.10. The zero-order chi connectivity index (χ0) is 11.3. The van der Waals surface area contributed by atoms with Crippen molar-refractivity contribution in [3.05, 3.63) is 47.0 Å². The molecule has 0 amide bonds. The summed E-state index contributed by atoms with van der Waals surface area (Å²) in [5.41, 5.74) is 0.490. The van der Waals surface area contributed by atoms with E-state index in [4.69, 9.17) is 0 Å². The monoisotopic (exact) mass is 268 g/mol. The summed E-state index contributed by atoms with van der Waals surface area (Å²) in [7, 11) is 0. The van der Waals surface area contributed by atoms with Gasteiger partial charge in [0, 0.05) is 10.9 Å². The Hall–Kier alpha value is -0.600. The molecule has 0 heterocycles. The summed E-state index contributed by atoms with van der Waals surface area (Å²) in [4.78, 5) is 0. The second-order valence-corrected chi connectivity index (χ2v) is 4.95. The number of hydrogen-bond acceptors (Lipinski definition) is 1. The molecule has 1 nitrogen and oxygen atoms in total.